The Balaban J connectivity index is 1.63. The number of aromatic nitrogens is 2. The number of carbonyl (C=O) groups excluding carboxylic acids is 1. The van der Waals surface area contributed by atoms with Gasteiger partial charge in [-0.15, -0.1) is 0 Å². The molecule has 10 heteroatoms. The summed E-state index contributed by atoms with van der Waals surface area (Å²) in [6.45, 7) is 2.75. The predicted octanol–water partition coefficient (Wildman–Crippen LogP) is 3.26. The Morgan fingerprint density at radius 3 is 2.53 bits per heavy atom. The summed E-state index contributed by atoms with van der Waals surface area (Å²) in [5.74, 6) is -1.75. The molecule has 0 atom stereocenters. The lowest BCUT2D eigenvalue weighted by Crippen LogP contribution is -2.58. The summed E-state index contributed by atoms with van der Waals surface area (Å²) in [5, 5.41) is 11.7. The number of ether oxygens (including phenoxy) is 2. The Labute approximate surface area is 195 Å². The van der Waals surface area contributed by atoms with Gasteiger partial charge in [0.2, 0.25) is 5.91 Å². The summed E-state index contributed by atoms with van der Waals surface area (Å²) in [7, 11) is 2.61. The average molecular weight is 469 g/mol. The highest BCUT2D eigenvalue weighted by Gasteiger charge is 2.27. The van der Waals surface area contributed by atoms with Crippen molar-refractivity contribution in [2.45, 2.75) is 19.4 Å². The van der Waals surface area contributed by atoms with Gasteiger partial charge in [-0.2, -0.15) is 0 Å². The van der Waals surface area contributed by atoms with E-state index in [0.717, 1.165) is 0 Å². The third-order valence-electron chi connectivity index (χ3n) is 5.94. The maximum Gasteiger partial charge on any atom is 0.219 e. The zero-order valence-electron chi connectivity index (χ0n) is 19.0. The lowest BCUT2D eigenvalue weighted by molar-refractivity contribution is -0.133. The number of H-pyrrole nitrogens is 1. The second kappa shape index (κ2) is 9.50. The summed E-state index contributed by atoms with van der Waals surface area (Å²) < 4.78 is 39.8. The molecule has 0 bridgehead atoms. The molecule has 3 heterocycles. The molecule has 1 aliphatic heterocycles. The standard InChI is InChI=1S/C24H25F2N5O3/c1-13(32)31-11-17(12-31)28-10-16(7-27)14-4-18-15(9-30-24(18)29-8-14)5-19-22(25)20(33-2)6-21(34-3)23(19)26/h4,6-10,17,27-28H,5,11-12H2,1-3H3,(H,29,30)/b16-10+,27-7?. The first kappa shape index (κ1) is 23.2. The van der Waals surface area contributed by atoms with Crippen molar-refractivity contribution in [3.05, 3.63) is 59.1 Å². The smallest absolute Gasteiger partial charge is 0.219 e. The van der Waals surface area contributed by atoms with Gasteiger partial charge in [-0.1, -0.05) is 0 Å². The van der Waals surface area contributed by atoms with E-state index in [2.05, 4.69) is 15.3 Å². The molecule has 1 aliphatic rings. The van der Waals surface area contributed by atoms with Crippen LogP contribution in [0.1, 0.15) is 23.6 Å². The molecule has 1 saturated heterocycles. The molecular formula is C24H25F2N5O3. The second-order valence-corrected chi connectivity index (χ2v) is 8.03. The number of fused-ring (bicyclic) bond motifs is 1. The van der Waals surface area contributed by atoms with Gasteiger partial charge in [-0.05, 0) is 11.6 Å². The predicted molar refractivity (Wildman–Crippen MR) is 124 cm³/mol. The Kier molecular flexibility index (Phi) is 6.49. The third kappa shape index (κ3) is 4.30. The number of nitrogens with zero attached hydrogens (tertiary/aromatic N) is 2. The number of allylic oxidation sites excluding steroid dienone is 1. The number of methoxy groups -OCH3 is 2. The van der Waals surface area contributed by atoms with Gasteiger partial charge in [-0.25, -0.2) is 13.8 Å². The number of halogens is 2. The number of aromatic amines is 1. The first-order chi connectivity index (χ1) is 16.4. The minimum Gasteiger partial charge on any atom is -0.494 e. The summed E-state index contributed by atoms with van der Waals surface area (Å²) in [5.41, 5.74) is 2.27. The van der Waals surface area contributed by atoms with Crippen LogP contribution in [0.15, 0.2) is 30.7 Å². The molecule has 8 nitrogen and oxygen atoms in total. The van der Waals surface area contributed by atoms with Crippen molar-refractivity contribution in [3.8, 4) is 11.5 Å². The first-order valence-electron chi connectivity index (χ1n) is 10.6. The lowest BCUT2D eigenvalue weighted by Gasteiger charge is -2.38. The van der Waals surface area contributed by atoms with E-state index >= 15 is 0 Å². The fraction of sp³-hybridized carbons (Fsp3) is 0.292. The number of benzene rings is 1. The van der Waals surface area contributed by atoms with E-state index in [0.29, 0.717) is 40.8 Å². The van der Waals surface area contributed by atoms with Crippen LogP contribution in [0, 0.1) is 17.0 Å². The highest BCUT2D eigenvalue weighted by molar-refractivity contribution is 6.09. The topological polar surface area (TPSA) is 103 Å². The number of amides is 1. The van der Waals surface area contributed by atoms with Crippen LogP contribution in [0.25, 0.3) is 16.6 Å². The van der Waals surface area contributed by atoms with Gasteiger partial charge in [0.25, 0.3) is 0 Å². The fourth-order valence-corrected chi connectivity index (χ4v) is 3.90. The van der Waals surface area contributed by atoms with E-state index in [-0.39, 0.29) is 35.4 Å². The summed E-state index contributed by atoms with van der Waals surface area (Å²) >= 11 is 0. The van der Waals surface area contributed by atoms with E-state index in [1.165, 1.54) is 33.4 Å². The normalized spacial score (nSPS) is 14.1. The van der Waals surface area contributed by atoms with Crippen LogP contribution in [0.3, 0.4) is 0 Å². The molecule has 0 unspecified atom stereocenters. The van der Waals surface area contributed by atoms with Crippen LogP contribution >= 0.6 is 0 Å². The van der Waals surface area contributed by atoms with Crippen LogP contribution in [-0.4, -0.2) is 60.3 Å². The molecule has 1 aromatic carbocycles. The highest BCUT2D eigenvalue weighted by atomic mass is 19.1. The lowest BCUT2D eigenvalue weighted by atomic mass is 10.0. The Morgan fingerprint density at radius 1 is 1.26 bits per heavy atom. The van der Waals surface area contributed by atoms with Gasteiger partial charge in [0, 0.05) is 79.4 Å². The van der Waals surface area contributed by atoms with Crippen molar-refractivity contribution in [1.82, 2.24) is 20.2 Å². The van der Waals surface area contributed by atoms with Crippen LogP contribution in [0.5, 0.6) is 11.5 Å². The van der Waals surface area contributed by atoms with Crippen LogP contribution < -0.4 is 14.8 Å². The second-order valence-electron chi connectivity index (χ2n) is 8.03. The van der Waals surface area contributed by atoms with E-state index in [9.17, 15) is 13.6 Å². The number of nitrogens with one attached hydrogen (secondary N) is 3. The molecule has 4 rings (SSSR count). The maximum absolute atomic E-state index is 14.9. The van der Waals surface area contributed by atoms with Gasteiger partial charge in [0.05, 0.1) is 20.3 Å². The third-order valence-corrected chi connectivity index (χ3v) is 5.94. The Hall–Kier alpha value is -3.95. The van der Waals surface area contributed by atoms with Crippen LogP contribution in [-0.2, 0) is 11.2 Å². The highest BCUT2D eigenvalue weighted by Crippen LogP contribution is 2.34. The van der Waals surface area contributed by atoms with E-state index in [1.54, 1.807) is 23.5 Å². The number of hydrogen-bond donors (Lipinski definition) is 3. The summed E-state index contributed by atoms with van der Waals surface area (Å²) in [4.78, 5) is 20.5. The van der Waals surface area contributed by atoms with Gasteiger partial charge < -0.3 is 30.1 Å². The first-order valence-corrected chi connectivity index (χ1v) is 10.6. The largest absolute Gasteiger partial charge is 0.494 e. The molecule has 0 spiro atoms. The minimum absolute atomic E-state index is 0.0328. The number of hydrogen-bond acceptors (Lipinski definition) is 6. The zero-order chi connectivity index (χ0) is 24.4. The van der Waals surface area contributed by atoms with Crippen molar-refractivity contribution in [2.24, 2.45) is 0 Å². The van der Waals surface area contributed by atoms with Gasteiger partial charge >= 0.3 is 0 Å². The quantitative estimate of drug-likeness (QED) is 0.440. The molecule has 0 aliphatic carbocycles. The molecule has 0 saturated carbocycles. The fourth-order valence-electron chi connectivity index (χ4n) is 3.90. The van der Waals surface area contributed by atoms with Gasteiger partial charge in [0.1, 0.15) is 5.65 Å². The van der Waals surface area contributed by atoms with Crippen molar-refractivity contribution in [2.75, 3.05) is 27.3 Å². The average Bonchev–Trinajstić information content (AvgIpc) is 3.20. The van der Waals surface area contributed by atoms with Crippen LogP contribution in [0.4, 0.5) is 8.78 Å². The van der Waals surface area contributed by atoms with E-state index < -0.39 is 11.6 Å². The molecule has 3 aromatic rings. The maximum atomic E-state index is 14.9. The van der Waals surface area contributed by atoms with Gasteiger partial charge in [0.15, 0.2) is 23.1 Å². The van der Waals surface area contributed by atoms with Crippen molar-refractivity contribution in [1.29, 1.82) is 5.41 Å². The Bertz CT molecular complexity index is 1250. The molecule has 178 valence electrons. The molecule has 1 fully saturated rings. The molecule has 3 N–H and O–H groups in total. The summed E-state index contributed by atoms with van der Waals surface area (Å²) in [6.07, 6.45) is 6.15. The molecule has 34 heavy (non-hydrogen) atoms. The number of pyridine rings is 1. The molecule has 2 aromatic heterocycles. The number of carbonyl (C=O) groups is 1. The monoisotopic (exact) mass is 469 g/mol. The van der Waals surface area contributed by atoms with Crippen LogP contribution in [0.2, 0.25) is 0 Å². The van der Waals surface area contributed by atoms with Crippen molar-refractivity contribution < 1.29 is 23.0 Å². The van der Waals surface area contributed by atoms with Crippen molar-refractivity contribution >= 4 is 28.7 Å². The summed E-state index contributed by atoms with van der Waals surface area (Å²) in [6, 6.07) is 3.12. The SMILES string of the molecule is COc1cc(OC)c(F)c(Cc2c[nH]c3ncc(/C(C=N)=C/NC4CN(C(C)=O)C4)cc23)c1F. The Morgan fingerprint density at radius 2 is 1.94 bits per heavy atom. The number of likely N-dealkylation sites (tertiary alicyclic amines) is 1. The molecule has 0 radical (unpaired) electrons. The zero-order valence-corrected chi connectivity index (χ0v) is 19.0. The minimum atomic E-state index is -0.788. The molecule has 1 amide bonds. The van der Waals surface area contributed by atoms with E-state index in [1.807, 2.05) is 6.07 Å². The van der Waals surface area contributed by atoms with Gasteiger partial charge in [-0.3, -0.25) is 4.79 Å². The number of rotatable bonds is 8. The van der Waals surface area contributed by atoms with E-state index in [4.69, 9.17) is 14.9 Å². The van der Waals surface area contributed by atoms with Crippen molar-refractivity contribution in [3.63, 3.8) is 0 Å². The molecular weight excluding hydrogens is 444 g/mol.